The smallest absolute Gasteiger partial charge is 0.419 e. The summed E-state index contributed by atoms with van der Waals surface area (Å²) in [6.07, 6.45) is 6.36. The van der Waals surface area contributed by atoms with Crippen LogP contribution in [0, 0.1) is 0 Å². The molecule has 1 saturated heterocycles. The molecular formula is C29H33N5O3. The summed E-state index contributed by atoms with van der Waals surface area (Å²) in [5.74, 6) is 0.276. The normalized spacial score (nSPS) is 17.0. The summed E-state index contributed by atoms with van der Waals surface area (Å²) in [6, 6.07) is 13.8. The van der Waals surface area contributed by atoms with Gasteiger partial charge >= 0.3 is 6.09 Å². The van der Waals surface area contributed by atoms with Crippen molar-refractivity contribution in [1.82, 2.24) is 25.1 Å². The standard InChI is InChI=1S/C29H33N5O3/c1-18(23-7-5-6-12-31-23)20-8-9-21-16-26(34(25(21)15-20)28(36)37-29(2,3)4)22-17-24(32-33-27(22)35)19-10-13-30-14-11-19/h8-11,13-18,23,31H,5-7,12H2,1-4H3,(H,33,35). The lowest BCUT2D eigenvalue weighted by molar-refractivity contribution is 0.0547. The van der Waals surface area contributed by atoms with E-state index in [1.165, 1.54) is 17.4 Å². The zero-order valence-electron chi connectivity index (χ0n) is 21.7. The van der Waals surface area contributed by atoms with Crippen molar-refractivity contribution in [3.8, 4) is 22.5 Å². The Morgan fingerprint density at radius 2 is 1.89 bits per heavy atom. The molecule has 2 unspecified atom stereocenters. The molecule has 3 aromatic heterocycles. The average molecular weight is 500 g/mol. The minimum absolute atomic E-state index is 0.276. The second-order valence-electron chi connectivity index (χ2n) is 10.7. The molecule has 0 radical (unpaired) electrons. The van der Waals surface area contributed by atoms with Gasteiger partial charge in [-0.05, 0) is 82.0 Å². The number of rotatable bonds is 4. The second-order valence-corrected chi connectivity index (χ2v) is 10.7. The Hall–Kier alpha value is -3.78. The van der Waals surface area contributed by atoms with Gasteiger partial charge in [-0.25, -0.2) is 14.5 Å². The van der Waals surface area contributed by atoms with E-state index in [1.54, 1.807) is 18.5 Å². The van der Waals surface area contributed by atoms with Crippen LogP contribution in [0.5, 0.6) is 0 Å². The Bertz CT molecular complexity index is 1480. The highest BCUT2D eigenvalue weighted by atomic mass is 16.6. The molecule has 8 nitrogen and oxygen atoms in total. The van der Waals surface area contributed by atoms with Gasteiger partial charge in [0.2, 0.25) is 0 Å². The largest absolute Gasteiger partial charge is 0.443 e. The van der Waals surface area contributed by atoms with Gasteiger partial charge < -0.3 is 10.1 Å². The Kier molecular flexibility index (Phi) is 6.69. The van der Waals surface area contributed by atoms with E-state index < -0.39 is 11.7 Å². The number of nitrogens with one attached hydrogen (secondary N) is 2. The van der Waals surface area contributed by atoms with Crippen LogP contribution in [0.3, 0.4) is 0 Å². The predicted molar refractivity (Wildman–Crippen MR) is 145 cm³/mol. The number of pyridine rings is 1. The summed E-state index contributed by atoms with van der Waals surface area (Å²) in [7, 11) is 0. The number of hydrogen-bond acceptors (Lipinski definition) is 6. The molecule has 8 heteroatoms. The van der Waals surface area contributed by atoms with E-state index in [9.17, 15) is 9.59 Å². The second kappa shape index (κ2) is 9.94. The van der Waals surface area contributed by atoms with Gasteiger partial charge in [-0.2, -0.15) is 5.10 Å². The first-order valence-electron chi connectivity index (χ1n) is 12.8. The van der Waals surface area contributed by atoms with Crippen molar-refractivity contribution in [1.29, 1.82) is 0 Å². The minimum Gasteiger partial charge on any atom is -0.443 e. The number of carbonyl (C=O) groups is 1. The van der Waals surface area contributed by atoms with Crippen molar-refractivity contribution in [3.05, 3.63) is 70.8 Å². The molecule has 192 valence electrons. The van der Waals surface area contributed by atoms with Gasteiger partial charge in [0.05, 0.1) is 22.5 Å². The van der Waals surface area contributed by atoms with E-state index in [0.717, 1.165) is 29.5 Å². The van der Waals surface area contributed by atoms with Gasteiger partial charge in [-0.3, -0.25) is 9.78 Å². The highest BCUT2D eigenvalue weighted by Gasteiger charge is 2.26. The SMILES string of the molecule is CC(c1ccc2cc(-c3cc(-c4ccncc4)n[nH]c3=O)n(C(=O)OC(C)(C)C)c2c1)C1CCCCN1. The number of nitrogens with zero attached hydrogens (tertiary/aromatic N) is 3. The summed E-state index contributed by atoms with van der Waals surface area (Å²) < 4.78 is 7.32. The van der Waals surface area contributed by atoms with Crippen molar-refractivity contribution in [3.63, 3.8) is 0 Å². The topological polar surface area (TPSA) is 102 Å². The fraction of sp³-hybridized carbons (Fsp3) is 0.379. The fourth-order valence-corrected chi connectivity index (χ4v) is 5.01. The molecule has 4 heterocycles. The van der Waals surface area contributed by atoms with E-state index in [1.807, 2.05) is 45.0 Å². The van der Waals surface area contributed by atoms with Crippen LogP contribution in [0.25, 0.3) is 33.4 Å². The molecule has 1 aliphatic heterocycles. The molecule has 4 aromatic rings. The fourth-order valence-electron chi connectivity index (χ4n) is 5.01. The third-order valence-electron chi connectivity index (χ3n) is 6.94. The monoisotopic (exact) mass is 499 g/mol. The molecule has 37 heavy (non-hydrogen) atoms. The number of aromatic nitrogens is 4. The van der Waals surface area contributed by atoms with Gasteiger partial charge in [-0.1, -0.05) is 25.5 Å². The van der Waals surface area contributed by atoms with Crippen LogP contribution >= 0.6 is 0 Å². The third kappa shape index (κ3) is 5.20. The van der Waals surface area contributed by atoms with Gasteiger partial charge in [0.15, 0.2) is 0 Å². The lowest BCUT2D eigenvalue weighted by atomic mass is 9.88. The van der Waals surface area contributed by atoms with Crippen LogP contribution in [0.4, 0.5) is 4.79 Å². The molecule has 0 saturated carbocycles. The number of piperidine rings is 1. The zero-order chi connectivity index (χ0) is 26.2. The van der Waals surface area contributed by atoms with Crippen LogP contribution in [-0.2, 0) is 4.74 Å². The van der Waals surface area contributed by atoms with Crippen LogP contribution in [0.2, 0.25) is 0 Å². The maximum Gasteiger partial charge on any atom is 0.419 e. The van der Waals surface area contributed by atoms with Crippen LogP contribution in [0.1, 0.15) is 58.4 Å². The molecule has 0 spiro atoms. The zero-order valence-corrected chi connectivity index (χ0v) is 21.7. The number of benzene rings is 1. The molecule has 1 fully saturated rings. The van der Waals surface area contributed by atoms with Gasteiger partial charge in [0, 0.05) is 29.4 Å². The Labute approximate surface area is 216 Å². The molecule has 0 amide bonds. The van der Waals surface area contributed by atoms with Crippen molar-refractivity contribution in [2.75, 3.05) is 6.54 Å². The quantitative estimate of drug-likeness (QED) is 0.385. The van der Waals surface area contributed by atoms with E-state index >= 15 is 0 Å². The van der Waals surface area contributed by atoms with Gasteiger partial charge in [0.25, 0.3) is 5.56 Å². The summed E-state index contributed by atoms with van der Waals surface area (Å²) in [5, 5.41) is 11.3. The Morgan fingerprint density at radius 3 is 2.59 bits per heavy atom. The number of H-pyrrole nitrogens is 1. The van der Waals surface area contributed by atoms with Crippen LogP contribution < -0.4 is 10.9 Å². The van der Waals surface area contributed by atoms with Crippen LogP contribution in [0.15, 0.2) is 59.7 Å². The number of aromatic amines is 1. The van der Waals surface area contributed by atoms with E-state index in [0.29, 0.717) is 28.5 Å². The lowest BCUT2D eigenvalue weighted by Crippen LogP contribution is -2.37. The number of hydrogen-bond donors (Lipinski definition) is 2. The highest BCUT2D eigenvalue weighted by Crippen LogP contribution is 2.33. The van der Waals surface area contributed by atoms with Crippen molar-refractivity contribution >= 4 is 17.0 Å². The predicted octanol–water partition coefficient (Wildman–Crippen LogP) is 5.48. The molecule has 2 atom stereocenters. The molecule has 5 rings (SSSR count). The van der Waals surface area contributed by atoms with Crippen LogP contribution in [-0.4, -0.2) is 44.0 Å². The van der Waals surface area contributed by atoms with E-state index in [2.05, 4.69) is 39.6 Å². The van der Waals surface area contributed by atoms with Gasteiger partial charge in [-0.15, -0.1) is 0 Å². The molecule has 0 bridgehead atoms. The summed E-state index contributed by atoms with van der Waals surface area (Å²) in [6.45, 7) is 8.75. The molecule has 2 N–H and O–H groups in total. The van der Waals surface area contributed by atoms with Gasteiger partial charge in [0.1, 0.15) is 5.60 Å². The first-order chi connectivity index (χ1) is 17.7. The summed E-state index contributed by atoms with van der Waals surface area (Å²) >= 11 is 0. The first kappa shape index (κ1) is 24.9. The number of ether oxygens (including phenoxy) is 1. The average Bonchev–Trinajstić information content (AvgIpc) is 3.27. The van der Waals surface area contributed by atoms with Crippen molar-refractivity contribution in [2.45, 2.75) is 64.5 Å². The lowest BCUT2D eigenvalue weighted by Gasteiger charge is -2.29. The Balaban J connectivity index is 1.67. The third-order valence-corrected chi connectivity index (χ3v) is 6.94. The summed E-state index contributed by atoms with van der Waals surface area (Å²) in [5.41, 5.74) is 2.96. The number of fused-ring (bicyclic) bond motifs is 1. The molecule has 1 aromatic carbocycles. The first-order valence-corrected chi connectivity index (χ1v) is 12.8. The van der Waals surface area contributed by atoms with E-state index in [4.69, 9.17) is 4.74 Å². The molecule has 0 aliphatic carbocycles. The summed E-state index contributed by atoms with van der Waals surface area (Å²) in [4.78, 5) is 30.6. The minimum atomic E-state index is -0.700. The molecule has 1 aliphatic rings. The highest BCUT2D eigenvalue weighted by molar-refractivity contribution is 5.96. The maximum absolute atomic E-state index is 13.6. The van der Waals surface area contributed by atoms with E-state index in [-0.39, 0.29) is 11.5 Å². The van der Waals surface area contributed by atoms with Crippen molar-refractivity contribution in [2.24, 2.45) is 0 Å². The Morgan fingerprint density at radius 1 is 1.11 bits per heavy atom. The van der Waals surface area contributed by atoms with Crippen molar-refractivity contribution < 1.29 is 9.53 Å². The maximum atomic E-state index is 13.6. The number of carbonyl (C=O) groups excluding carboxylic acids is 1. The molecular weight excluding hydrogens is 466 g/mol.